The van der Waals surface area contributed by atoms with Crippen molar-refractivity contribution in [3.8, 4) is 0 Å². The number of anilines is 1. The first-order chi connectivity index (χ1) is 8.06. The fourth-order valence-electron chi connectivity index (χ4n) is 1.86. The highest BCUT2D eigenvalue weighted by atomic mass is 16.4. The zero-order valence-corrected chi connectivity index (χ0v) is 10.4. The Hall–Kier alpha value is -1.55. The summed E-state index contributed by atoms with van der Waals surface area (Å²) < 4.78 is 0. The summed E-state index contributed by atoms with van der Waals surface area (Å²) in [6.45, 7) is 2.55. The van der Waals surface area contributed by atoms with Crippen molar-refractivity contribution in [2.45, 2.75) is 32.4 Å². The number of carbonyl (C=O) groups is 1. The number of nitrogens with zero attached hydrogens (tertiary/aromatic N) is 1. The summed E-state index contributed by atoms with van der Waals surface area (Å²) in [6, 6.07) is 7.10. The Morgan fingerprint density at radius 3 is 2.65 bits per heavy atom. The second-order valence-electron chi connectivity index (χ2n) is 4.26. The fourth-order valence-corrected chi connectivity index (χ4v) is 1.86. The van der Waals surface area contributed by atoms with Gasteiger partial charge >= 0.3 is 5.97 Å². The van der Waals surface area contributed by atoms with Crippen LogP contribution in [0.4, 0.5) is 5.69 Å². The first-order valence-corrected chi connectivity index (χ1v) is 5.82. The van der Waals surface area contributed by atoms with Gasteiger partial charge in [-0.25, -0.2) is 0 Å². The number of rotatable bonds is 6. The molecule has 0 radical (unpaired) electrons. The summed E-state index contributed by atoms with van der Waals surface area (Å²) in [4.78, 5) is 13.0. The SMILES string of the molecule is CCCC(C(=O)O)N(C)Cc1ccccc1N. The van der Waals surface area contributed by atoms with Gasteiger partial charge in [0, 0.05) is 12.2 Å². The molecule has 1 unspecified atom stereocenters. The Balaban J connectivity index is 2.73. The molecule has 0 bridgehead atoms. The lowest BCUT2D eigenvalue weighted by molar-refractivity contribution is -0.143. The van der Waals surface area contributed by atoms with Gasteiger partial charge in [-0.1, -0.05) is 31.5 Å². The molecule has 0 aliphatic carbocycles. The summed E-state index contributed by atoms with van der Waals surface area (Å²) in [7, 11) is 1.82. The first-order valence-electron chi connectivity index (χ1n) is 5.82. The number of nitrogens with two attached hydrogens (primary N) is 1. The van der Waals surface area contributed by atoms with Gasteiger partial charge in [-0.15, -0.1) is 0 Å². The van der Waals surface area contributed by atoms with Gasteiger partial charge in [0.2, 0.25) is 0 Å². The van der Waals surface area contributed by atoms with Crippen molar-refractivity contribution in [2.75, 3.05) is 12.8 Å². The monoisotopic (exact) mass is 236 g/mol. The van der Waals surface area contributed by atoms with Crippen molar-refractivity contribution in [2.24, 2.45) is 0 Å². The molecule has 0 fully saturated rings. The van der Waals surface area contributed by atoms with Gasteiger partial charge in [-0.3, -0.25) is 9.69 Å². The molecule has 1 rings (SSSR count). The van der Waals surface area contributed by atoms with Gasteiger partial charge in [0.25, 0.3) is 0 Å². The Kier molecular flexibility index (Phi) is 4.97. The zero-order valence-electron chi connectivity index (χ0n) is 10.4. The average Bonchev–Trinajstić information content (AvgIpc) is 2.28. The van der Waals surface area contributed by atoms with Crippen molar-refractivity contribution in [3.05, 3.63) is 29.8 Å². The number of carboxylic acids is 1. The van der Waals surface area contributed by atoms with Crippen molar-refractivity contribution in [1.82, 2.24) is 4.90 Å². The largest absolute Gasteiger partial charge is 0.480 e. The molecule has 17 heavy (non-hydrogen) atoms. The van der Waals surface area contributed by atoms with E-state index in [1.165, 1.54) is 0 Å². The number of benzene rings is 1. The second-order valence-corrected chi connectivity index (χ2v) is 4.26. The van der Waals surface area contributed by atoms with Crippen molar-refractivity contribution < 1.29 is 9.90 Å². The maximum atomic E-state index is 11.1. The molecular formula is C13H20N2O2. The number of para-hydroxylation sites is 1. The maximum absolute atomic E-state index is 11.1. The minimum absolute atomic E-state index is 0.445. The number of hydrogen-bond donors (Lipinski definition) is 2. The third-order valence-electron chi connectivity index (χ3n) is 2.85. The van der Waals surface area contributed by atoms with Gasteiger partial charge < -0.3 is 10.8 Å². The second kappa shape index (κ2) is 6.25. The molecule has 1 aromatic rings. The third-order valence-corrected chi connectivity index (χ3v) is 2.85. The molecule has 1 atom stereocenters. The van der Waals surface area contributed by atoms with Gasteiger partial charge in [0.15, 0.2) is 0 Å². The van der Waals surface area contributed by atoms with Crippen molar-refractivity contribution in [1.29, 1.82) is 0 Å². The minimum atomic E-state index is -0.774. The van der Waals surface area contributed by atoms with Crippen LogP contribution >= 0.6 is 0 Å². The molecule has 0 heterocycles. The number of hydrogen-bond acceptors (Lipinski definition) is 3. The normalized spacial score (nSPS) is 12.6. The van der Waals surface area contributed by atoms with Crippen LogP contribution in [0.5, 0.6) is 0 Å². The highest BCUT2D eigenvalue weighted by Gasteiger charge is 2.21. The lowest BCUT2D eigenvalue weighted by Gasteiger charge is -2.24. The zero-order chi connectivity index (χ0) is 12.8. The predicted molar refractivity (Wildman–Crippen MR) is 68.7 cm³/mol. The maximum Gasteiger partial charge on any atom is 0.320 e. The molecule has 0 aromatic heterocycles. The highest BCUT2D eigenvalue weighted by molar-refractivity contribution is 5.73. The summed E-state index contributed by atoms with van der Waals surface area (Å²) in [5, 5.41) is 9.15. The molecule has 94 valence electrons. The van der Waals surface area contributed by atoms with Crippen LogP contribution in [-0.4, -0.2) is 29.1 Å². The van der Waals surface area contributed by atoms with E-state index in [4.69, 9.17) is 10.8 Å². The Morgan fingerprint density at radius 1 is 1.47 bits per heavy atom. The standard InChI is InChI=1S/C13H20N2O2/c1-3-6-12(13(16)17)15(2)9-10-7-4-5-8-11(10)14/h4-5,7-8,12H,3,6,9,14H2,1-2H3,(H,16,17). The van der Waals surface area contributed by atoms with Crippen LogP contribution in [0, 0.1) is 0 Å². The number of likely N-dealkylation sites (N-methyl/N-ethyl adjacent to an activating group) is 1. The molecular weight excluding hydrogens is 216 g/mol. The van der Waals surface area contributed by atoms with Crippen LogP contribution in [-0.2, 0) is 11.3 Å². The fraction of sp³-hybridized carbons (Fsp3) is 0.462. The van der Waals surface area contributed by atoms with E-state index in [0.717, 1.165) is 12.0 Å². The Labute approximate surface area is 102 Å². The lowest BCUT2D eigenvalue weighted by Crippen LogP contribution is -2.38. The molecule has 0 aliphatic heterocycles. The number of carboxylic acid groups (broad SMARTS) is 1. The molecule has 0 aliphatic rings. The molecule has 0 saturated carbocycles. The molecule has 3 N–H and O–H groups in total. The van der Waals surface area contributed by atoms with Crippen LogP contribution in [0.15, 0.2) is 24.3 Å². The Morgan fingerprint density at radius 2 is 2.12 bits per heavy atom. The summed E-state index contributed by atoms with van der Waals surface area (Å²) in [5.74, 6) is -0.774. The Bertz CT molecular complexity index is 379. The number of nitrogen functional groups attached to an aromatic ring is 1. The molecule has 4 nitrogen and oxygen atoms in total. The third kappa shape index (κ3) is 3.75. The topological polar surface area (TPSA) is 66.6 Å². The minimum Gasteiger partial charge on any atom is -0.480 e. The molecule has 0 amide bonds. The summed E-state index contributed by atoms with van der Waals surface area (Å²) >= 11 is 0. The molecule has 0 saturated heterocycles. The van der Waals surface area contributed by atoms with E-state index >= 15 is 0 Å². The molecule has 0 spiro atoms. The lowest BCUT2D eigenvalue weighted by atomic mass is 10.1. The van der Waals surface area contributed by atoms with Crippen LogP contribution in [0.1, 0.15) is 25.3 Å². The number of aliphatic carboxylic acids is 1. The highest BCUT2D eigenvalue weighted by Crippen LogP contribution is 2.15. The van der Waals surface area contributed by atoms with Crippen molar-refractivity contribution >= 4 is 11.7 Å². The van der Waals surface area contributed by atoms with Gasteiger partial charge in [-0.2, -0.15) is 0 Å². The van der Waals surface area contributed by atoms with Gasteiger partial charge in [0.1, 0.15) is 6.04 Å². The van der Waals surface area contributed by atoms with E-state index in [1.807, 2.05) is 43.1 Å². The van der Waals surface area contributed by atoms with E-state index in [-0.39, 0.29) is 0 Å². The van der Waals surface area contributed by atoms with Crippen LogP contribution in [0.25, 0.3) is 0 Å². The van der Waals surface area contributed by atoms with E-state index in [2.05, 4.69) is 0 Å². The summed E-state index contributed by atoms with van der Waals surface area (Å²) in [6.07, 6.45) is 1.50. The van der Waals surface area contributed by atoms with E-state index in [1.54, 1.807) is 0 Å². The molecule has 4 heteroatoms. The average molecular weight is 236 g/mol. The van der Waals surface area contributed by atoms with Gasteiger partial charge in [0.05, 0.1) is 0 Å². The van der Waals surface area contributed by atoms with Crippen molar-refractivity contribution in [3.63, 3.8) is 0 Å². The molecule has 1 aromatic carbocycles. The predicted octanol–water partition coefficient (Wildman–Crippen LogP) is 1.95. The van der Waals surface area contributed by atoms with Crippen LogP contribution in [0.2, 0.25) is 0 Å². The van der Waals surface area contributed by atoms with E-state index < -0.39 is 12.0 Å². The van der Waals surface area contributed by atoms with Crippen LogP contribution < -0.4 is 5.73 Å². The van der Waals surface area contributed by atoms with Gasteiger partial charge in [-0.05, 0) is 25.1 Å². The van der Waals surface area contributed by atoms with E-state index in [9.17, 15) is 4.79 Å². The first kappa shape index (κ1) is 13.5. The van der Waals surface area contributed by atoms with E-state index in [0.29, 0.717) is 18.7 Å². The van der Waals surface area contributed by atoms with Crippen LogP contribution in [0.3, 0.4) is 0 Å². The summed E-state index contributed by atoms with van der Waals surface area (Å²) in [5.41, 5.74) is 7.52. The quantitative estimate of drug-likeness (QED) is 0.741. The smallest absolute Gasteiger partial charge is 0.320 e.